The molecule has 2 N–H and O–H groups in total. The number of aromatic nitrogens is 3. The molecule has 1 atom stereocenters. The van der Waals surface area contributed by atoms with E-state index in [0.717, 1.165) is 5.56 Å². The third-order valence-corrected chi connectivity index (χ3v) is 5.01. The minimum absolute atomic E-state index is 0.147. The zero-order valence-electron chi connectivity index (χ0n) is 15.9. The standard InChI is InChI=1S/C20H18N6O4/c1-2-3-8-21-18(28)15-11-26(24-23-15)13-4-5-14-12(9-13)10-25(20(14)30)16-6-7-17(27)22-19(16)29/h3-5,9,11,16H,1,6-8,10H2,(H,21,28)(H,22,27,29). The fourth-order valence-corrected chi connectivity index (χ4v) is 3.50. The van der Waals surface area contributed by atoms with Crippen LogP contribution in [0, 0.1) is 0 Å². The molecule has 10 nitrogen and oxygen atoms in total. The number of nitrogens with one attached hydrogen (secondary N) is 2. The number of hydrogen-bond donors (Lipinski definition) is 2. The second-order valence-electron chi connectivity index (χ2n) is 6.91. The lowest BCUT2D eigenvalue weighted by Crippen LogP contribution is -2.52. The maximum atomic E-state index is 12.8. The van der Waals surface area contributed by atoms with Gasteiger partial charge in [-0.15, -0.1) is 10.8 Å². The van der Waals surface area contributed by atoms with E-state index in [2.05, 4.69) is 33.3 Å². The molecule has 2 aliphatic heterocycles. The number of rotatable bonds is 5. The molecule has 0 bridgehead atoms. The molecule has 1 saturated heterocycles. The zero-order chi connectivity index (χ0) is 21.3. The van der Waals surface area contributed by atoms with Crippen LogP contribution >= 0.6 is 0 Å². The molecule has 2 aliphatic rings. The summed E-state index contributed by atoms with van der Waals surface area (Å²) < 4.78 is 1.44. The van der Waals surface area contributed by atoms with E-state index in [0.29, 0.717) is 17.7 Å². The molecule has 0 radical (unpaired) electrons. The summed E-state index contributed by atoms with van der Waals surface area (Å²) in [5.74, 6) is -1.41. The molecule has 2 aromatic rings. The molecule has 0 saturated carbocycles. The highest BCUT2D eigenvalue weighted by Gasteiger charge is 2.39. The smallest absolute Gasteiger partial charge is 0.273 e. The van der Waals surface area contributed by atoms with Gasteiger partial charge in [-0.2, -0.15) is 0 Å². The number of piperidine rings is 1. The molecule has 152 valence electrons. The summed E-state index contributed by atoms with van der Waals surface area (Å²) >= 11 is 0. The van der Waals surface area contributed by atoms with Crippen molar-refractivity contribution in [2.24, 2.45) is 0 Å². The van der Waals surface area contributed by atoms with Gasteiger partial charge in [-0.1, -0.05) is 11.8 Å². The van der Waals surface area contributed by atoms with Gasteiger partial charge >= 0.3 is 0 Å². The molecule has 1 aromatic heterocycles. The Balaban J connectivity index is 1.52. The van der Waals surface area contributed by atoms with Crippen molar-refractivity contribution in [3.05, 3.63) is 59.6 Å². The van der Waals surface area contributed by atoms with E-state index >= 15 is 0 Å². The lowest BCUT2D eigenvalue weighted by Gasteiger charge is -2.29. The summed E-state index contributed by atoms with van der Waals surface area (Å²) in [4.78, 5) is 49.8. The molecule has 3 heterocycles. The molecule has 0 aliphatic carbocycles. The minimum Gasteiger partial charge on any atom is -0.346 e. The average Bonchev–Trinajstić information content (AvgIpc) is 3.33. The largest absolute Gasteiger partial charge is 0.346 e. The molecule has 1 aromatic carbocycles. The van der Waals surface area contributed by atoms with Crippen molar-refractivity contribution in [1.82, 2.24) is 30.5 Å². The molecule has 30 heavy (non-hydrogen) atoms. The molecular formula is C20H18N6O4. The maximum Gasteiger partial charge on any atom is 0.273 e. The summed E-state index contributed by atoms with van der Waals surface area (Å²) in [5, 5.41) is 12.8. The van der Waals surface area contributed by atoms with E-state index in [1.54, 1.807) is 24.3 Å². The van der Waals surface area contributed by atoms with Gasteiger partial charge in [0.05, 0.1) is 11.9 Å². The lowest BCUT2D eigenvalue weighted by molar-refractivity contribution is -0.136. The van der Waals surface area contributed by atoms with E-state index in [-0.39, 0.29) is 42.9 Å². The molecule has 4 amide bonds. The van der Waals surface area contributed by atoms with Crippen LogP contribution in [0.25, 0.3) is 5.69 Å². The van der Waals surface area contributed by atoms with Crippen molar-refractivity contribution in [3.63, 3.8) is 0 Å². The Morgan fingerprint density at radius 3 is 2.97 bits per heavy atom. The quantitative estimate of drug-likeness (QED) is 0.536. The Kier molecular flexibility index (Phi) is 4.99. The fraction of sp³-hybridized carbons (Fsp3) is 0.250. The van der Waals surface area contributed by atoms with Gasteiger partial charge in [-0.3, -0.25) is 24.5 Å². The van der Waals surface area contributed by atoms with Gasteiger partial charge in [0.25, 0.3) is 11.8 Å². The van der Waals surface area contributed by atoms with Crippen LogP contribution in [-0.4, -0.2) is 56.1 Å². The second-order valence-corrected chi connectivity index (χ2v) is 6.91. The van der Waals surface area contributed by atoms with Crippen molar-refractivity contribution in [2.75, 3.05) is 6.54 Å². The third-order valence-electron chi connectivity index (χ3n) is 5.01. The van der Waals surface area contributed by atoms with Gasteiger partial charge in [0.2, 0.25) is 11.8 Å². The Labute approximate surface area is 171 Å². The first-order valence-corrected chi connectivity index (χ1v) is 9.30. The number of imide groups is 1. The van der Waals surface area contributed by atoms with Gasteiger partial charge in [-0.05, 0) is 36.3 Å². The van der Waals surface area contributed by atoms with E-state index in [4.69, 9.17) is 0 Å². The van der Waals surface area contributed by atoms with Crippen LogP contribution in [0.15, 0.2) is 42.8 Å². The summed E-state index contributed by atoms with van der Waals surface area (Å²) in [6.45, 7) is 3.96. The first kappa shape index (κ1) is 19.3. The van der Waals surface area contributed by atoms with Gasteiger partial charge < -0.3 is 10.2 Å². The van der Waals surface area contributed by atoms with Crippen LogP contribution in [0.3, 0.4) is 0 Å². The van der Waals surface area contributed by atoms with Crippen molar-refractivity contribution in [1.29, 1.82) is 0 Å². The van der Waals surface area contributed by atoms with Crippen LogP contribution in [0.4, 0.5) is 0 Å². The number of carbonyl (C=O) groups is 4. The van der Waals surface area contributed by atoms with Gasteiger partial charge in [0.15, 0.2) is 5.69 Å². The topological polar surface area (TPSA) is 126 Å². The Morgan fingerprint density at radius 2 is 2.20 bits per heavy atom. The van der Waals surface area contributed by atoms with Crippen LogP contribution in [0.5, 0.6) is 0 Å². The summed E-state index contributed by atoms with van der Waals surface area (Å²) in [6.07, 6.45) is 3.57. The van der Waals surface area contributed by atoms with Crippen molar-refractivity contribution in [3.8, 4) is 5.69 Å². The summed E-state index contributed by atoms with van der Waals surface area (Å²) in [6, 6.07) is 4.46. The monoisotopic (exact) mass is 406 g/mol. The average molecular weight is 406 g/mol. The van der Waals surface area contributed by atoms with E-state index in [9.17, 15) is 19.2 Å². The highest BCUT2D eigenvalue weighted by molar-refractivity contribution is 6.05. The molecule has 4 rings (SSSR count). The highest BCUT2D eigenvalue weighted by atomic mass is 16.2. The van der Waals surface area contributed by atoms with Crippen LogP contribution in [-0.2, 0) is 16.1 Å². The molecule has 0 spiro atoms. The molecule has 1 unspecified atom stereocenters. The SMILES string of the molecule is C=C=CCNC(=O)c1cn(-c2ccc3c(c2)CN(C2CCC(=O)NC2=O)C3=O)nn1. The summed E-state index contributed by atoms with van der Waals surface area (Å²) in [7, 11) is 0. The first-order valence-electron chi connectivity index (χ1n) is 9.30. The normalized spacial score (nSPS) is 17.9. The van der Waals surface area contributed by atoms with E-state index < -0.39 is 11.9 Å². The Hall–Kier alpha value is -4.04. The van der Waals surface area contributed by atoms with E-state index in [1.165, 1.54) is 15.8 Å². The van der Waals surface area contributed by atoms with Crippen molar-refractivity contribution >= 4 is 23.6 Å². The maximum absolute atomic E-state index is 12.8. The lowest BCUT2D eigenvalue weighted by atomic mass is 10.0. The molecular weight excluding hydrogens is 388 g/mol. The van der Waals surface area contributed by atoms with Gasteiger partial charge in [0, 0.05) is 25.1 Å². The minimum atomic E-state index is -0.669. The molecule has 1 fully saturated rings. The Morgan fingerprint density at radius 1 is 1.37 bits per heavy atom. The highest BCUT2D eigenvalue weighted by Crippen LogP contribution is 2.28. The fourth-order valence-electron chi connectivity index (χ4n) is 3.50. The zero-order valence-corrected chi connectivity index (χ0v) is 15.9. The predicted molar refractivity (Wildman–Crippen MR) is 103 cm³/mol. The van der Waals surface area contributed by atoms with Crippen molar-refractivity contribution < 1.29 is 19.2 Å². The van der Waals surface area contributed by atoms with Crippen LogP contribution in [0.2, 0.25) is 0 Å². The Bertz CT molecular complexity index is 1110. The third kappa shape index (κ3) is 3.51. The molecule has 10 heteroatoms. The predicted octanol–water partition coefficient (Wildman–Crippen LogP) is 0.0992. The number of carbonyl (C=O) groups excluding carboxylic acids is 4. The number of hydrogen-bond acceptors (Lipinski definition) is 6. The van der Waals surface area contributed by atoms with E-state index in [1.807, 2.05) is 0 Å². The second kappa shape index (κ2) is 7.76. The number of amides is 4. The number of nitrogens with zero attached hydrogens (tertiary/aromatic N) is 4. The van der Waals surface area contributed by atoms with Gasteiger partial charge in [0.1, 0.15) is 6.04 Å². The van der Waals surface area contributed by atoms with Gasteiger partial charge in [-0.25, -0.2) is 4.68 Å². The number of fused-ring (bicyclic) bond motifs is 1. The number of benzene rings is 1. The van der Waals surface area contributed by atoms with Crippen LogP contribution < -0.4 is 10.6 Å². The first-order chi connectivity index (χ1) is 14.5. The van der Waals surface area contributed by atoms with Crippen LogP contribution in [0.1, 0.15) is 39.3 Å². The van der Waals surface area contributed by atoms with Crippen molar-refractivity contribution in [2.45, 2.75) is 25.4 Å². The summed E-state index contributed by atoms with van der Waals surface area (Å²) in [5.41, 5.74) is 4.57.